The normalized spacial score (nSPS) is 19.0. The maximum atomic E-state index is 13.3. The van der Waals surface area contributed by atoms with Crippen LogP contribution in [-0.2, 0) is 11.2 Å². The van der Waals surface area contributed by atoms with Gasteiger partial charge >= 0.3 is 6.01 Å². The highest BCUT2D eigenvalue weighted by Gasteiger charge is 2.31. The number of rotatable bonds is 7. The van der Waals surface area contributed by atoms with Crippen LogP contribution in [0.25, 0.3) is 0 Å². The Morgan fingerprint density at radius 2 is 1.75 bits per heavy atom. The smallest absolute Gasteiger partial charge is 0.324 e. The lowest BCUT2D eigenvalue weighted by Crippen LogP contribution is -2.47. The number of carbonyl (C=O) groups excluding carboxylic acids is 2. The van der Waals surface area contributed by atoms with E-state index in [2.05, 4.69) is 35.2 Å². The van der Waals surface area contributed by atoms with Gasteiger partial charge in [-0.05, 0) is 26.2 Å². The van der Waals surface area contributed by atoms with Crippen molar-refractivity contribution in [3.8, 4) is 0 Å². The van der Waals surface area contributed by atoms with Crippen molar-refractivity contribution >= 4 is 23.8 Å². The van der Waals surface area contributed by atoms with Crippen molar-refractivity contribution in [2.24, 2.45) is 5.41 Å². The molecule has 0 aromatic carbocycles. The molecule has 196 valence electrons. The minimum Gasteiger partial charge on any atom is -0.351 e. The van der Waals surface area contributed by atoms with Gasteiger partial charge < -0.3 is 24.5 Å². The number of anilines is 2. The largest absolute Gasteiger partial charge is 0.351 e. The van der Waals surface area contributed by atoms with Crippen LogP contribution < -0.4 is 15.1 Å². The van der Waals surface area contributed by atoms with Gasteiger partial charge in [-0.1, -0.05) is 32.9 Å². The van der Waals surface area contributed by atoms with Crippen LogP contribution in [0.15, 0.2) is 16.9 Å². The van der Waals surface area contributed by atoms with E-state index in [-0.39, 0.29) is 23.9 Å². The Balaban J connectivity index is 1.32. The van der Waals surface area contributed by atoms with Gasteiger partial charge in [-0.15, -0.1) is 0 Å². The Morgan fingerprint density at radius 3 is 2.33 bits per heavy atom. The first-order valence-corrected chi connectivity index (χ1v) is 13.0. The molecular formula is C25H38N8O3. The summed E-state index contributed by atoms with van der Waals surface area (Å²) >= 11 is 0. The second kappa shape index (κ2) is 10.8. The number of aromatic nitrogens is 4. The predicted octanol–water partition coefficient (Wildman–Crippen LogP) is 2.29. The lowest BCUT2D eigenvalue weighted by Gasteiger charge is -2.37. The van der Waals surface area contributed by atoms with Crippen LogP contribution in [-0.4, -0.2) is 81.6 Å². The maximum absolute atomic E-state index is 13.3. The first-order valence-electron chi connectivity index (χ1n) is 13.0. The summed E-state index contributed by atoms with van der Waals surface area (Å²) in [5.74, 6) is 1.29. The first kappa shape index (κ1) is 25.8. The van der Waals surface area contributed by atoms with Gasteiger partial charge in [-0.25, -0.2) is 9.97 Å². The van der Waals surface area contributed by atoms with Crippen LogP contribution in [0.2, 0.25) is 0 Å². The molecule has 1 N–H and O–H groups in total. The van der Waals surface area contributed by atoms with E-state index in [1.165, 1.54) is 0 Å². The fraction of sp³-hybridized carbons (Fsp3) is 0.680. The SMILES string of the molecule is CCc1noc(N2CCC(N(CC)C(=O)c3cnc(N4CCC(NC(=O)C(C)(C)C)C4)nc3)CC2)n1. The highest BCUT2D eigenvalue weighted by atomic mass is 16.5. The van der Waals surface area contributed by atoms with Crippen molar-refractivity contribution < 1.29 is 14.1 Å². The van der Waals surface area contributed by atoms with Gasteiger partial charge in [-0.2, -0.15) is 4.98 Å². The summed E-state index contributed by atoms with van der Waals surface area (Å²) in [6.07, 6.45) is 6.49. The van der Waals surface area contributed by atoms with Gasteiger partial charge in [0, 0.05) is 69.0 Å². The molecule has 1 atom stereocenters. The quantitative estimate of drug-likeness (QED) is 0.613. The molecule has 2 aromatic rings. The Kier molecular flexibility index (Phi) is 7.75. The van der Waals surface area contributed by atoms with E-state index < -0.39 is 5.41 Å². The molecule has 2 amide bonds. The Bertz CT molecular complexity index is 1040. The number of nitrogens with zero attached hydrogens (tertiary/aromatic N) is 7. The van der Waals surface area contributed by atoms with Crippen molar-refractivity contribution in [1.82, 2.24) is 30.3 Å². The number of aryl methyl sites for hydroxylation is 1. The molecule has 11 heteroatoms. The molecule has 0 aliphatic carbocycles. The zero-order valence-corrected chi connectivity index (χ0v) is 22.0. The molecule has 1 unspecified atom stereocenters. The van der Waals surface area contributed by atoms with Crippen molar-refractivity contribution in [3.05, 3.63) is 23.8 Å². The fourth-order valence-corrected chi connectivity index (χ4v) is 4.68. The third-order valence-corrected chi connectivity index (χ3v) is 6.92. The molecule has 2 saturated heterocycles. The molecular weight excluding hydrogens is 460 g/mol. The molecule has 0 saturated carbocycles. The number of carbonyl (C=O) groups is 2. The molecule has 36 heavy (non-hydrogen) atoms. The summed E-state index contributed by atoms with van der Waals surface area (Å²) < 4.78 is 5.37. The second-order valence-electron chi connectivity index (χ2n) is 10.6. The minimum absolute atomic E-state index is 0.0458. The van der Waals surface area contributed by atoms with Gasteiger partial charge in [0.15, 0.2) is 5.82 Å². The molecule has 2 aliphatic heterocycles. The summed E-state index contributed by atoms with van der Waals surface area (Å²) in [4.78, 5) is 45.0. The van der Waals surface area contributed by atoms with Gasteiger partial charge in [-0.3, -0.25) is 9.59 Å². The Hall–Kier alpha value is -3.24. The van der Waals surface area contributed by atoms with E-state index in [0.717, 1.165) is 45.3 Å². The molecule has 11 nitrogen and oxygen atoms in total. The van der Waals surface area contributed by atoms with Crippen molar-refractivity contribution in [3.63, 3.8) is 0 Å². The van der Waals surface area contributed by atoms with Crippen LogP contribution in [0.3, 0.4) is 0 Å². The van der Waals surface area contributed by atoms with E-state index in [1.54, 1.807) is 12.4 Å². The monoisotopic (exact) mass is 498 g/mol. The van der Waals surface area contributed by atoms with Gasteiger partial charge in [0.2, 0.25) is 11.9 Å². The van der Waals surface area contributed by atoms with E-state index in [9.17, 15) is 9.59 Å². The topological polar surface area (TPSA) is 121 Å². The molecule has 0 bridgehead atoms. The molecule has 4 rings (SSSR count). The first-order chi connectivity index (χ1) is 17.2. The van der Waals surface area contributed by atoms with Crippen LogP contribution in [0.4, 0.5) is 12.0 Å². The average Bonchev–Trinajstić information content (AvgIpc) is 3.54. The molecule has 0 radical (unpaired) electrons. The zero-order chi connectivity index (χ0) is 25.9. The van der Waals surface area contributed by atoms with Gasteiger partial charge in [0.1, 0.15) is 0 Å². The maximum Gasteiger partial charge on any atom is 0.324 e. The van der Waals surface area contributed by atoms with E-state index >= 15 is 0 Å². The summed E-state index contributed by atoms with van der Waals surface area (Å²) in [5, 5.41) is 7.09. The minimum atomic E-state index is -0.418. The third-order valence-electron chi connectivity index (χ3n) is 6.92. The zero-order valence-electron chi connectivity index (χ0n) is 22.0. The summed E-state index contributed by atoms with van der Waals surface area (Å²) in [6.45, 7) is 13.3. The summed E-state index contributed by atoms with van der Waals surface area (Å²) in [5.41, 5.74) is 0.0726. The molecule has 2 aromatic heterocycles. The number of piperidine rings is 1. The van der Waals surface area contributed by atoms with Crippen molar-refractivity contribution in [2.45, 2.75) is 72.4 Å². The standard InChI is InChI=1S/C25H38N8O3/c1-6-20-29-24(36-30-20)31-12-9-19(10-13-31)33(7-2)21(34)17-14-26-23(27-15-17)32-11-8-18(16-32)28-22(35)25(3,4)5/h14-15,18-19H,6-13,16H2,1-5H3,(H,28,35). The predicted molar refractivity (Wildman–Crippen MR) is 136 cm³/mol. The highest BCUT2D eigenvalue weighted by Crippen LogP contribution is 2.23. The molecule has 2 aliphatic rings. The van der Waals surface area contributed by atoms with Gasteiger partial charge in [0.25, 0.3) is 5.91 Å². The number of hydrogen-bond donors (Lipinski definition) is 1. The summed E-state index contributed by atoms with van der Waals surface area (Å²) in [7, 11) is 0. The number of amides is 2. The highest BCUT2D eigenvalue weighted by molar-refractivity contribution is 5.94. The lowest BCUT2D eigenvalue weighted by atomic mass is 9.95. The molecule has 2 fully saturated rings. The van der Waals surface area contributed by atoms with Gasteiger partial charge in [0.05, 0.1) is 5.56 Å². The molecule has 4 heterocycles. The van der Waals surface area contributed by atoms with Crippen LogP contribution in [0.1, 0.15) is 70.1 Å². The third kappa shape index (κ3) is 5.76. The summed E-state index contributed by atoms with van der Waals surface area (Å²) in [6, 6.07) is 0.771. The number of nitrogens with one attached hydrogen (secondary N) is 1. The fourth-order valence-electron chi connectivity index (χ4n) is 4.68. The van der Waals surface area contributed by atoms with E-state index in [1.807, 2.05) is 39.5 Å². The Morgan fingerprint density at radius 1 is 1.08 bits per heavy atom. The van der Waals surface area contributed by atoms with E-state index in [4.69, 9.17) is 4.52 Å². The lowest BCUT2D eigenvalue weighted by molar-refractivity contribution is -0.129. The second-order valence-corrected chi connectivity index (χ2v) is 10.6. The van der Waals surface area contributed by atoms with Crippen molar-refractivity contribution in [2.75, 3.05) is 42.5 Å². The molecule has 0 spiro atoms. The average molecular weight is 499 g/mol. The number of hydrogen-bond acceptors (Lipinski definition) is 9. The van der Waals surface area contributed by atoms with Crippen LogP contribution in [0.5, 0.6) is 0 Å². The van der Waals surface area contributed by atoms with Crippen molar-refractivity contribution in [1.29, 1.82) is 0 Å². The van der Waals surface area contributed by atoms with E-state index in [0.29, 0.717) is 36.4 Å². The van der Waals surface area contributed by atoms with Crippen LogP contribution in [0, 0.1) is 5.41 Å². The Labute approximate surface area is 212 Å². The van der Waals surface area contributed by atoms with Crippen LogP contribution >= 0.6 is 0 Å².